The lowest BCUT2D eigenvalue weighted by Crippen LogP contribution is -2.05. The Morgan fingerprint density at radius 3 is 2.50 bits per heavy atom. The molecule has 0 fully saturated rings. The Morgan fingerprint density at radius 1 is 1.17 bits per heavy atom. The lowest BCUT2D eigenvalue weighted by atomic mass is 10.2. The molecule has 2 aromatic carbocycles. The summed E-state index contributed by atoms with van der Waals surface area (Å²) in [6.07, 6.45) is 0. The van der Waals surface area contributed by atoms with E-state index in [9.17, 15) is 4.39 Å². The third kappa shape index (κ3) is 3.31. The molecule has 18 heavy (non-hydrogen) atoms. The van der Waals surface area contributed by atoms with Crippen LogP contribution in [0.4, 0.5) is 4.39 Å². The van der Waals surface area contributed by atoms with E-state index in [2.05, 4.69) is 21.2 Å². The summed E-state index contributed by atoms with van der Waals surface area (Å²) >= 11 is 3.34. The summed E-state index contributed by atoms with van der Waals surface area (Å²) in [6.45, 7) is 0.634. The van der Waals surface area contributed by atoms with Gasteiger partial charge >= 0.3 is 0 Å². The number of hydrogen-bond acceptors (Lipinski definition) is 2. The normalized spacial score (nSPS) is 10.4. The van der Waals surface area contributed by atoms with Gasteiger partial charge in [-0.3, -0.25) is 0 Å². The van der Waals surface area contributed by atoms with E-state index in [4.69, 9.17) is 4.74 Å². The molecule has 0 aliphatic rings. The highest BCUT2D eigenvalue weighted by molar-refractivity contribution is 9.10. The van der Waals surface area contributed by atoms with Gasteiger partial charge < -0.3 is 10.1 Å². The minimum Gasteiger partial charge on any atom is -0.454 e. The molecule has 0 aromatic heterocycles. The van der Waals surface area contributed by atoms with Gasteiger partial charge in [-0.1, -0.05) is 22.0 Å². The minimum atomic E-state index is -0.356. The summed E-state index contributed by atoms with van der Waals surface area (Å²) in [5.41, 5.74) is 0.887. The highest BCUT2D eigenvalue weighted by Crippen LogP contribution is 2.26. The number of nitrogens with one attached hydrogen (secondary N) is 1. The summed E-state index contributed by atoms with van der Waals surface area (Å²) in [7, 11) is 1.82. The standard InChI is InChI=1S/C14H13BrFNO/c1-17-9-10-2-7-14(13(16)8-10)18-12-5-3-11(15)4-6-12/h2-8,17H,9H2,1H3. The van der Waals surface area contributed by atoms with E-state index in [1.165, 1.54) is 6.07 Å². The molecule has 0 aliphatic carbocycles. The SMILES string of the molecule is CNCc1ccc(Oc2ccc(Br)cc2)c(F)c1. The number of halogens is 2. The van der Waals surface area contributed by atoms with E-state index < -0.39 is 0 Å². The molecule has 2 nitrogen and oxygen atoms in total. The van der Waals surface area contributed by atoms with Crippen LogP contribution in [0.1, 0.15) is 5.56 Å². The van der Waals surface area contributed by atoms with Crippen molar-refractivity contribution in [1.82, 2.24) is 5.32 Å². The van der Waals surface area contributed by atoms with Crippen LogP contribution in [0.15, 0.2) is 46.9 Å². The maximum absolute atomic E-state index is 13.8. The second-order valence-corrected chi connectivity index (χ2v) is 4.77. The van der Waals surface area contributed by atoms with Gasteiger partial charge in [-0.25, -0.2) is 4.39 Å². The molecule has 0 unspecified atom stereocenters. The van der Waals surface area contributed by atoms with Gasteiger partial charge in [0.25, 0.3) is 0 Å². The third-order valence-electron chi connectivity index (χ3n) is 2.42. The molecule has 2 rings (SSSR count). The first-order valence-corrected chi connectivity index (χ1v) is 6.35. The Bertz CT molecular complexity index is 528. The van der Waals surface area contributed by atoms with Crippen molar-refractivity contribution in [1.29, 1.82) is 0 Å². The molecule has 0 spiro atoms. The topological polar surface area (TPSA) is 21.3 Å². The van der Waals surface area contributed by atoms with Gasteiger partial charge in [0.2, 0.25) is 0 Å². The van der Waals surface area contributed by atoms with Gasteiger partial charge in [-0.15, -0.1) is 0 Å². The molecule has 4 heteroatoms. The second-order valence-electron chi connectivity index (χ2n) is 3.85. The molecule has 0 bridgehead atoms. The lowest BCUT2D eigenvalue weighted by molar-refractivity contribution is 0.441. The summed E-state index contributed by atoms with van der Waals surface area (Å²) < 4.78 is 20.2. The van der Waals surface area contributed by atoms with E-state index in [1.54, 1.807) is 18.2 Å². The van der Waals surface area contributed by atoms with Crippen LogP contribution in [0.25, 0.3) is 0 Å². The molecule has 0 atom stereocenters. The summed E-state index contributed by atoms with van der Waals surface area (Å²) in [5.74, 6) is 0.487. The Kier molecular flexibility index (Phi) is 4.33. The van der Waals surface area contributed by atoms with Crippen molar-refractivity contribution < 1.29 is 9.13 Å². The average Bonchev–Trinajstić information content (AvgIpc) is 2.36. The summed E-state index contributed by atoms with van der Waals surface area (Å²) in [4.78, 5) is 0. The molecule has 2 aromatic rings. The van der Waals surface area contributed by atoms with Crippen LogP contribution in [0.3, 0.4) is 0 Å². The Morgan fingerprint density at radius 2 is 1.89 bits per heavy atom. The molecule has 94 valence electrons. The number of rotatable bonds is 4. The van der Waals surface area contributed by atoms with Gasteiger partial charge in [0.1, 0.15) is 5.75 Å². The average molecular weight is 310 g/mol. The predicted octanol–water partition coefficient (Wildman–Crippen LogP) is 4.10. The molecule has 0 saturated heterocycles. The van der Waals surface area contributed by atoms with Crippen LogP contribution in [0.2, 0.25) is 0 Å². The molecule has 1 N–H and O–H groups in total. The lowest BCUT2D eigenvalue weighted by Gasteiger charge is -2.08. The molecule has 0 radical (unpaired) electrons. The quantitative estimate of drug-likeness (QED) is 0.918. The van der Waals surface area contributed by atoms with Crippen LogP contribution in [-0.4, -0.2) is 7.05 Å². The fourth-order valence-corrected chi connectivity index (χ4v) is 1.84. The molecule has 0 heterocycles. The third-order valence-corrected chi connectivity index (χ3v) is 2.95. The number of benzene rings is 2. The van der Waals surface area contributed by atoms with Gasteiger partial charge in [0.15, 0.2) is 11.6 Å². The van der Waals surface area contributed by atoms with Crippen LogP contribution < -0.4 is 10.1 Å². The monoisotopic (exact) mass is 309 g/mol. The van der Waals surface area contributed by atoms with Crippen molar-refractivity contribution in [3.05, 3.63) is 58.3 Å². The molecular weight excluding hydrogens is 297 g/mol. The first-order chi connectivity index (χ1) is 8.69. The molecule has 0 aliphatic heterocycles. The van der Waals surface area contributed by atoms with Crippen molar-refractivity contribution in [2.45, 2.75) is 6.54 Å². The van der Waals surface area contributed by atoms with E-state index in [-0.39, 0.29) is 11.6 Å². The first kappa shape index (κ1) is 13.1. The highest BCUT2D eigenvalue weighted by Gasteiger charge is 2.05. The molecule has 0 amide bonds. The zero-order valence-corrected chi connectivity index (χ0v) is 11.5. The number of ether oxygens (including phenoxy) is 1. The second kappa shape index (κ2) is 5.98. The smallest absolute Gasteiger partial charge is 0.166 e. The predicted molar refractivity (Wildman–Crippen MR) is 73.4 cm³/mol. The van der Waals surface area contributed by atoms with E-state index in [0.29, 0.717) is 12.3 Å². The Hall–Kier alpha value is -1.39. The van der Waals surface area contributed by atoms with E-state index in [0.717, 1.165) is 10.0 Å². The molecule has 0 saturated carbocycles. The number of hydrogen-bond donors (Lipinski definition) is 1. The van der Waals surface area contributed by atoms with Gasteiger partial charge in [-0.05, 0) is 49.0 Å². The van der Waals surface area contributed by atoms with Crippen LogP contribution in [0, 0.1) is 5.82 Å². The first-order valence-electron chi connectivity index (χ1n) is 5.55. The van der Waals surface area contributed by atoms with E-state index >= 15 is 0 Å². The van der Waals surface area contributed by atoms with Crippen molar-refractivity contribution in [3.63, 3.8) is 0 Å². The largest absolute Gasteiger partial charge is 0.454 e. The van der Waals surface area contributed by atoms with Crippen LogP contribution in [0.5, 0.6) is 11.5 Å². The fraction of sp³-hybridized carbons (Fsp3) is 0.143. The van der Waals surface area contributed by atoms with Crippen molar-refractivity contribution >= 4 is 15.9 Å². The summed E-state index contributed by atoms with van der Waals surface area (Å²) in [6, 6.07) is 12.2. The van der Waals surface area contributed by atoms with E-state index in [1.807, 2.05) is 25.2 Å². The zero-order chi connectivity index (χ0) is 13.0. The van der Waals surface area contributed by atoms with Crippen molar-refractivity contribution in [2.24, 2.45) is 0 Å². The molecular formula is C14H13BrFNO. The minimum absolute atomic E-state index is 0.233. The highest BCUT2D eigenvalue weighted by atomic mass is 79.9. The Balaban J connectivity index is 2.16. The van der Waals surface area contributed by atoms with Crippen molar-refractivity contribution in [2.75, 3.05) is 7.05 Å². The maximum atomic E-state index is 13.8. The zero-order valence-electron chi connectivity index (χ0n) is 9.91. The Labute approximate surface area is 114 Å². The van der Waals surface area contributed by atoms with Crippen molar-refractivity contribution in [3.8, 4) is 11.5 Å². The van der Waals surface area contributed by atoms with Gasteiger partial charge in [0.05, 0.1) is 0 Å². The van der Waals surface area contributed by atoms with Gasteiger partial charge in [-0.2, -0.15) is 0 Å². The maximum Gasteiger partial charge on any atom is 0.166 e. The fourth-order valence-electron chi connectivity index (χ4n) is 1.57. The van der Waals surface area contributed by atoms with Crippen LogP contribution >= 0.6 is 15.9 Å². The van der Waals surface area contributed by atoms with Crippen LogP contribution in [-0.2, 0) is 6.54 Å². The van der Waals surface area contributed by atoms with Gasteiger partial charge in [0, 0.05) is 11.0 Å². The summed E-state index contributed by atoms with van der Waals surface area (Å²) in [5, 5.41) is 2.97.